The largest absolute Gasteiger partial charge is 0.302 e. The Morgan fingerprint density at radius 2 is 2.33 bits per heavy atom. The summed E-state index contributed by atoms with van der Waals surface area (Å²) in [5, 5.41) is 5.59. The highest BCUT2D eigenvalue weighted by Crippen LogP contribution is 2.25. The molecule has 0 bridgehead atoms. The summed E-state index contributed by atoms with van der Waals surface area (Å²) in [6.07, 6.45) is 3.15. The molecule has 18 heavy (non-hydrogen) atoms. The standard InChI is InChI=1S/C13H16N2OS2/c1-9(2)11-8-14-13(18-11)15-12(16)6-5-10-4-3-7-17-10/h3-4,7-9H,5-6H2,1-2H3,(H,14,15,16). The lowest BCUT2D eigenvalue weighted by molar-refractivity contribution is -0.116. The van der Waals surface area contributed by atoms with E-state index in [9.17, 15) is 4.79 Å². The number of aryl methyl sites for hydroxylation is 1. The van der Waals surface area contributed by atoms with Gasteiger partial charge in [-0.1, -0.05) is 19.9 Å². The summed E-state index contributed by atoms with van der Waals surface area (Å²) in [4.78, 5) is 18.4. The average Bonchev–Trinajstić information content (AvgIpc) is 2.96. The van der Waals surface area contributed by atoms with Gasteiger partial charge in [0.05, 0.1) is 0 Å². The molecule has 0 aromatic carbocycles. The zero-order valence-corrected chi connectivity index (χ0v) is 12.1. The first-order valence-electron chi connectivity index (χ1n) is 5.93. The van der Waals surface area contributed by atoms with Crippen molar-refractivity contribution in [3.8, 4) is 0 Å². The fourth-order valence-electron chi connectivity index (χ4n) is 1.48. The molecule has 5 heteroatoms. The van der Waals surface area contributed by atoms with Gasteiger partial charge in [0.15, 0.2) is 5.13 Å². The summed E-state index contributed by atoms with van der Waals surface area (Å²) in [6, 6.07) is 4.06. The van der Waals surface area contributed by atoms with Gasteiger partial charge in [0.1, 0.15) is 0 Å². The lowest BCUT2D eigenvalue weighted by Crippen LogP contribution is -2.11. The number of amides is 1. The lowest BCUT2D eigenvalue weighted by Gasteiger charge is -2.00. The van der Waals surface area contributed by atoms with Crippen molar-refractivity contribution in [1.82, 2.24) is 4.98 Å². The second-order valence-electron chi connectivity index (χ2n) is 4.35. The molecule has 2 aromatic rings. The van der Waals surface area contributed by atoms with Gasteiger partial charge in [-0.05, 0) is 23.8 Å². The van der Waals surface area contributed by atoms with Crippen LogP contribution in [0.5, 0.6) is 0 Å². The van der Waals surface area contributed by atoms with Crippen molar-refractivity contribution in [3.63, 3.8) is 0 Å². The Morgan fingerprint density at radius 1 is 1.50 bits per heavy atom. The van der Waals surface area contributed by atoms with Gasteiger partial charge in [-0.15, -0.1) is 22.7 Å². The molecule has 2 heterocycles. The second-order valence-corrected chi connectivity index (χ2v) is 6.44. The summed E-state index contributed by atoms with van der Waals surface area (Å²) < 4.78 is 0. The third kappa shape index (κ3) is 3.65. The molecule has 2 rings (SSSR count). The van der Waals surface area contributed by atoms with Gasteiger partial charge in [-0.3, -0.25) is 4.79 Å². The Balaban J connectivity index is 1.83. The molecule has 0 unspecified atom stereocenters. The minimum atomic E-state index is 0.0352. The summed E-state index contributed by atoms with van der Waals surface area (Å²) in [5.41, 5.74) is 0. The van der Waals surface area contributed by atoms with Gasteiger partial charge in [0, 0.05) is 22.4 Å². The zero-order chi connectivity index (χ0) is 13.0. The van der Waals surface area contributed by atoms with E-state index in [1.54, 1.807) is 22.7 Å². The maximum atomic E-state index is 11.7. The summed E-state index contributed by atoms with van der Waals surface area (Å²) in [7, 11) is 0. The summed E-state index contributed by atoms with van der Waals surface area (Å²) in [5.74, 6) is 0.493. The quantitative estimate of drug-likeness (QED) is 0.902. The van der Waals surface area contributed by atoms with E-state index in [1.807, 2.05) is 17.6 Å². The van der Waals surface area contributed by atoms with E-state index in [1.165, 1.54) is 9.75 Å². The van der Waals surface area contributed by atoms with Crippen LogP contribution in [0.4, 0.5) is 5.13 Å². The van der Waals surface area contributed by atoms with Gasteiger partial charge in [0.2, 0.25) is 5.91 Å². The van der Waals surface area contributed by atoms with Gasteiger partial charge in [-0.25, -0.2) is 4.98 Å². The van der Waals surface area contributed by atoms with E-state index in [0.29, 0.717) is 17.5 Å². The molecular formula is C13H16N2OS2. The van der Waals surface area contributed by atoms with Crippen molar-refractivity contribution < 1.29 is 4.79 Å². The van der Waals surface area contributed by atoms with Crippen molar-refractivity contribution in [1.29, 1.82) is 0 Å². The first-order chi connectivity index (χ1) is 8.65. The van der Waals surface area contributed by atoms with Crippen LogP contribution in [-0.4, -0.2) is 10.9 Å². The van der Waals surface area contributed by atoms with Crippen molar-refractivity contribution in [2.24, 2.45) is 0 Å². The third-order valence-electron chi connectivity index (χ3n) is 2.52. The number of nitrogens with one attached hydrogen (secondary N) is 1. The maximum Gasteiger partial charge on any atom is 0.226 e. The fraction of sp³-hybridized carbons (Fsp3) is 0.385. The van der Waals surface area contributed by atoms with Crippen molar-refractivity contribution >= 4 is 33.7 Å². The monoisotopic (exact) mass is 280 g/mol. The highest BCUT2D eigenvalue weighted by Gasteiger charge is 2.09. The first kappa shape index (κ1) is 13.2. The van der Waals surface area contributed by atoms with Crippen LogP contribution in [0.2, 0.25) is 0 Å². The molecule has 0 spiro atoms. The molecule has 0 radical (unpaired) electrons. The molecule has 0 saturated heterocycles. The van der Waals surface area contributed by atoms with Crippen LogP contribution in [0.25, 0.3) is 0 Å². The molecule has 0 saturated carbocycles. The van der Waals surface area contributed by atoms with Gasteiger partial charge >= 0.3 is 0 Å². The highest BCUT2D eigenvalue weighted by atomic mass is 32.1. The van der Waals surface area contributed by atoms with Crippen molar-refractivity contribution in [2.45, 2.75) is 32.6 Å². The molecular weight excluding hydrogens is 264 g/mol. The topological polar surface area (TPSA) is 42.0 Å². The Labute approximate surface area is 115 Å². The predicted octanol–water partition coefficient (Wildman–Crippen LogP) is 3.90. The van der Waals surface area contributed by atoms with Gasteiger partial charge < -0.3 is 5.32 Å². The molecule has 2 aromatic heterocycles. The Bertz CT molecular complexity index is 503. The Morgan fingerprint density at radius 3 is 2.94 bits per heavy atom. The zero-order valence-electron chi connectivity index (χ0n) is 10.5. The van der Waals surface area contributed by atoms with E-state index in [4.69, 9.17) is 0 Å². The van der Waals surface area contributed by atoms with Crippen LogP contribution < -0.4 is 5.32 Å². The number of carbonyl (C=O) groups excluding carboxylic acids is 1. The summed E-state index contributed by atoms with van der Waals surface area (Å²) >= 11 is 3.24. The summed E-state index contributed by atoms with van der Waals surface area (Å²) in [6.45, 7) is 4.24. The number of thiazole rings is 1. The van der Waals surface area contributed by atoms with Crippen molar-refractivity contribution in [3.05, 3.63) is 33.5 Å². The number of hydrogen-bond donors (Lipinski definition) is 1. The molecule has 0 aliphatic heterocycles. The minimum absolute atomic E-state index is 0.0352. The van der Waals surface area contributed by atoms with E-state index in [2.05, 4.69) is 30.2 Å². The van der Waals surface area contributed by atoms with Gasteiger partial charge in [-0.2, -0.15) is 0 Å². The second kappa shape index (κ2) is 6.11. The Kier molecular flexibility index (Phi) is 4.49. The lowest BCUT2D eigenvalue weighted by atomic mass is 10.2. The number of aromatic nitrogens is 1. The fourth-order valence-corrected chi connectivity index (χ4v) is 3.03. The first-order valence-corrected chi connectivity index (χ1v) is 7.62. The number of carbonyl (C=O) groups is 1. The molecule has 96 valence electrons. The van der Waals surface area contributed by atoms with E-state index in [0.717, 1.165) is 6.42 Å². The van der Waals surface area contributed by atoms with E-state index in [-0.39, 0.29) is 5.91 Å². The Hall–Kier alpha value is -1.20. The average molecular weight is 280 g/mol. The smallest absolute Gasteiger partial charge is 0.226 e. The van der Waals surface area contributed by atoms with Crippen LogP contribution >= 0.6 is 22.7 Å². The number of nitrogens with zero attached hydrogens (tertiary/aromatic N) is 1. The molecule has 0 atom stereocenters. The third-order valence-corrected chi connectivity index (χ3v) is 4.67. The molecule has 3 nitrogen and oxygen atoms in total. The van der Waals surface area contributed by atoms with E-state index >= 15 is 0 Å². The maximum absolute atomic E-state index is 11.7. The van der Waals surface area contributed by atoms with Crippen LogP contribution in [-0.2, 0) is 11.2 Å². The van der Waals surface area contributed by atoms with Gasteiger partial charge in [0.25, 0.3) is 0 Å². The van der Waals surface area contributed by atoms with Crippen LogP contribution in [0.3, 0.4) is 0 Å². The molecule has 1 N–H and O–H groups in total. The number of hydrogen-bond acceptors (Lipinski definition) is 4. The normalized spacial score (nSPS) is 10.8. The number of rotatable bonds is 5. The highest BCUT2D eigenvalue weighted by molar-refractivity contribution is 7.15. The molecule has 1 amide bonds. The van der Waals surface area contributed by atoms with Crippen LogP contribution in [0.1, 0.15) is 35.9 Å². The minimum Gasteiger partial charge on any atom is -0.302 e. The SMILES string of the molecule is CC(C)c1cnc(NC(=O)CCc2cccs2)s1. The van der Waals surface area contributed by atoms with Crippen LogP contribution in [0.15, 0.2) is 23.7 Å². The molecule has 0 aliphatic rings. The van der Waals surface area contributed by atoms with Crippen LogP contribution in [0, 0.1) is 0 Å². The van der Waals surface area contributed by atoms with Crippen molar-refractivity contribution in [2.75, 3.05) is 5.32 Å². The molecule has 0 aliphatic carbocycles. The van der Waals surface area contributed by atoms with E-state index < -0.39 is 0 Å². The number of anilines is 1. The predicted molar refractivity (Wildman–Crippen MR) is 77.5 cm³/mol. The number of thiophene rings is 1. The molecule has 0 fully saturated rings.